The lowest BCUT2D eigenvalue weighted by atomic mass is 9.89. The summed E-state index contributed by atoms with van der Waals surface area (Å²) in [5.41, 5.74) is -0.376. The molecule has 0 amide bonds. The van der Waals surface area contributed by atoms with Crippen molar-refractivity contribution < 1.29 is 9.26 Å². The van der Waals surface area contributed by atoms with Gasteiger partial charge in [0.2, 0.25) is 11.7 Å². The SMILES string of the molecule is CC1(c2nc(C3(C)CCCCO3)no2)CCNC1. The van der Waals surface area contributed by atoms with E-state index in [0.717, 1.165) is 44.8 Å². The standard InChI is InChI=1S/C13H21N3O2/c1-12(6-7-14-9-12)11-15-10(16-18-11)13(2)5-3-4-8-17-13/h14H,3-9H2,1-2H3. The molecular weight excluding hydrogens is 230 g/mol. The highest BCUT2D eigenvalue weighted by molar-refractivity contribution is 5.10. The van der Waals surface area contributed by atoms with E-state index in [1.807, 2.05) is 0 Å². The first-order valence-corrected chi connectivity index (χ1v) is 6.82. The number of aromatic nitrogens is 2. The average molecular weight is 251 g/mol. The molecule has 1 aromatic rings. The van der Waals surface area contributed by atoms with Gasteiger partial charge in [0.1, 0.15) is 5.60 Å². The average Bonchev–Trinajstić information content (AvgIpc) is 2.99. The number of hydrogen-bond acceptors (Lipinski definition) is 5. The van der Waals surface area contributed by atoms with Gasteiger partial charge in [0.15, 0.2) is 0 Å². The van der Waals surface area contributed by atoms with Gasteiger partial charge < -0.3 is 14.6 Å². The van der Waals surface area contributed by atoms with E-state index in [-0.39, 0.29) is 11.0 Å². The largest absolute Gasteiger partial charge is 0.367 e. The van der Waals surface area contributed by atoms with E-state index in [2.05, 4.69) is 29.3 Å². The first kappa shape index (κ1) is 12.1. The van der Waals surface area contributed by atoms with Crippen LogP contribution in [-0.4, -0.2) is 29.8 Å². The van der Waals surface area contributed by atoms with E-state index < -0.39 is 0 Å². The van der Waals surface area contributed by atoms with Crippen molar-refractivity contribution in [1.82, 2.24) is 15.5 Å². The molecule has 5 heteroatoms. The molecule has 2 fully saturated rings. The summed E-state index contributed by atoms with van der Waals surface area (Å²) in [6.45, 7) is 6.96. The Bertz CT molecular complexity index is 418. The highest BCUT2D eigenvalue weighted by Crippen LogP contribution is 2.35. The fraction of sp³-hybridized carbons (Fsp3) is 0.846. The molecule has 5 nitrogen and oxygen atoms in total. The fourth-order valence-corrected chi connectivity index (χ4v) is 2.79. The lowest BCUT2D eigenvalue weighted by Crippen LogP contribution is -2.32. The zero-order chi connectivity index (χ0) is 12.6. The number of nitrogens with one attached hydrogen (secondary N) is 1. The predicted molar refractivity (Wildman–Crippen MR) is 66.3 cm³/mol. The van der Waals surface area contributed by atoms with Crippen LogP contribution in [0.5, 0.6) is 0 Å². The van der Waals surface area contributed by atoms with Gasteiger partial charge in [-0.3, -0.25) is 0 Å². The molecular formula is C13H21N3O2. The summed E-state index contributed by atoms with van der Waals surface area (Å²) in [5, 5.41) is 7.51. The first-order chi connectivity index (χ1) is 8.62. The highest BCUT2D eigenvalue weighted by Gasteiger charge is 2.40. The predicted octanol–water partition coefficient (Wildman–Crippen LogP) is 1.74. The van der Waals surface area contributed by atoms with Crippen molar-refractivity contribution in [3.63, 3.8) is 0 Å². The Balaban J connectivity index is 1.84. The summed E-state index contributed by atoms with van der Waals surface area (Å²) in [5.74, 6) is 1.46. The summed E-state index contributed by atoms with van der Waals surface area (Å²) in [7, 11) is 0. The molecule has 2 saturated heterocycles. The third-order valence-corrected chi connectivity index (χ3v) is 4.25. The van der Waals surface area contributed by atoms with Crippen LogP contribution in [0.25, 0.3) is 0 Å². The Morgan fingerprint density at radius 3 is 2.78 bits per heavy atom. The number of nitrogens with zero attached hydrogens (tertiary/aromatic N) is 2. The van der Waals surface area contributed by atoms with Crippen LogP contribution in [0.3, 0.4) is 0 Å². The van der Waals surface area contributed by atoms with Gasteiger partial charge in [0.05, 0.1) is 5.41 Å². The Hall–Kier alpha value is -0.940. The summed E-state index contributed by atoms with van der Waals surface area (Å²) >= 11 is 0. The Morgan fingerprint density at radius 1 is 1.22 bits per heavy atom. The van der Waals surface area contributed by atoms with Crippen molar-refractivity contribution in [2.45, 2.75) is 50.5 Å². The quantitative estimate of drug-likeness (QED) is 0.867. The minimum absolute atomic E-state index is 0.0176. The van der Waals surface area contributed by atoms with E-state index >= 15 is 0 Å². The molecule has 0 bridgehead atoms. The van der Waals surface area contributed by atoms with Gasteiger partial charge >= 0.3 is 0 Å². The second-order valence-corrected chi connectivity index (χ2v) is 5.95. The Labute approximate surface area is 107 Å². The van der Waals surface area contributed by atoms with Crippen LogP contribution < -0.4 is 5.32 Å². The third-order valence-electron chi connectivity index (χ3n) is 4.25. The Kier molecular flexibility index (Phi) is 2.90. The molecule has 1 aromatic heterocycles. The molecule has 0 spiro atoms. The zero-order valence-corrected chi connectivity index (χ0v) is 11.2. The minimum atomic E-state index is -0.359. The van der Waals surface area contributed by atoms with Crippen LogP contribution in [-0.2, 0) is 15.8 Å². The smallest absolute Gasteiger partial charge is 0.234 e. The fourth-order valence-electron chi connectivity index (χ4n) is 2.79. The van der Waals surface area contributed by atoms with Gasteiger partial charge in [0, 0.05) is 13.2 Å². The molecule has 2 aliphatic rings. The maximum atomic E-state index is 5.86. The van der Waals surface area contributed by atoms with Gasteiger partial charge in [-0.2, -0.15) is 4.98 Å². The summed E-state index contributed by atoms with van der Waals surface area (Å²) in [6.07, 6.45) is 4.31. The summed E-state index contributed by atoms with van der Waals surface area (Å²) < 4.78 is 11.3. The number of ether oxygens (including phenoxy) is 1. The number of hydrogen-bond donors (Lipinski definition) is 1. The molecule has 0 aliphatic carbocycles. The van der Waals surface area contributed by atoms with Crippen molar-refractivity contribution in [1.29, 1.82) is 0 Å². The van der Waals surface area contributed by atoms with E-state index in [1.54, 1.807) is 0 Å². The molecule has 0 saturated carbocycles. The van der Waals surface area contributed by atoms with Gasteiger partial charge in [-0.1, -0.05) is 5.16 Å². The zero-order valence-electron chi connectivity index (χ0n) is 11.2. The molecule has 2 atom stereocenters. The summed E-state index contributed by atoms with van der Waals surface area (Å²) in [4.78, 5) is 4.62. The molecule has 2 unspecified atom stereocenters. The van der Waals surface area contributed by atoms with Crippen LogP contribution in [0.4, 0.5) is 0 Å². The molecule has 1 N–H and O–H groups in total. The second-order valence-electron chi connectivity index (χ2n) is 5.95. The first-order valence-electron chi connectivity index (χ1n) is 6.82. The van der Waals surface area contributed by atoms with E-state index in [9.17, 15) is 0 Å². The molecule has 3 heterocycles. The summed E-state index contributed by atoms with van der Waals surface area (Å²) in [6, 6.07) is 0. The molecule has 100 valence electrons. The lowest BCUT2D eigenvalue weighted by molar-refractivity contribution is -0.0770. The minimum Gasteiger partial charge on any atom is -0.367 e. The lowest BCUT2D eigenvalue weighted by Gasteiger charge is -2.30. The number of rotatable bonds is 2. The maximum absolute atomic E-state index is 5.86. The third kappa shape index (κ3) is 1.95. The molecule has 0 radical (unpaired) electrons. The van der Waals surface area contributed by atoms with Gasteiger partial charge in [0.25, 0.3) is 0 Å². The highest BCUT2D eigenvalue weighted by atomic mass is 16.5. The molecule has 2 aliphatic heterocycles. The van der Waals surface area contributed by atoms with E-state index in [1.165, 1.54) is 6.42 Å². The molecule has 18 heavy (non-hydrogen) atoms. The molecule has 0 aromatic carbocycles. The van der Waals surface area contributed by atoms with Gasteiger partial charge in [-0.05, 0) is 46.1 Å². The van der Waals surface area contributed by atoms with Crippen LogP contribution in [0, 0.1) is 0 Å². The normalized spacial score (nSPS) is 37.0. The van der Waals surface area contributed by atoms with E-state index in [4.69, 9.17) is 9.26 Å². The van der Waals surface area contributed by atoms with Crippen molar-refractivity contribution >= 4 is 0 Å². The van der Waals surface area contributed by atoms with Crippen LogP contribution in [0.1, 0.15) is 51.2 Å². The maximum Gasteiger partial charge on any atom is 0.234 e. The van der Waals surface area contributed by atoms with Crippen LogP contribution in [0.15, 0.2) is 4.52 Å². The van der Waals surface area contributed by atoms with Crippen molar-refractivity contribution in [3.05, 3.63) is 11.7 Å². The Morgan fingerprint density at radius 2 is 2.11 bits per heavy atom. The van der Waals surface area contributed by atoms with Crippen LogP contribution in [0.2, 0.25) is 0 Å². The molecule has 3 rings (SSSR count). The topological polar surface area (TPSA) is 60.2 Å². The monoisotopic (exact) mass is 251 g/mol. The van der Waals surface area contributed by atoms with Crippen molar-refractivity contribution in [3.8, 4) is 0 Å². The van der Waals surface area contributed by atoms with Crippen molar-refractivity contribution in [2.24, 2.45) is 0 Å². The second kappa shape index (κ2) is 4.31. The van der Waals surface area contributed by atoms with E-state index in [0.29, 0.717) is 5.82 Å². The van der Waals surface area contributed by atoms with Gasteiger partial charge in [-0.25, -0.2) is 0 Å². The van der Waals surface area contributed by atoms with Crippen molar-refractivity contribution in [2.75, 3.05) is 19.7 Å². The van der Waals surface area contributed by atoms with Crippen LogP contribution >= 0.6 is 0 Å². The van der Waals surface area contributed by atoms with Gasteiger partial charge in [-0.15, -0.1) is 0 Å².